The lowest BCUT2D eigenvalue weighted by atomic mass is 9.88. The number of primary amides is 1. The highest BCUT2D eigenvalue weighted by Gasteiger charge is 2.14. The highest BCUT2D eigenvalue weighted by atomic mass is 16.1. The molecular weight excluding hydrogens is 164 g/mol. The van der Waals surface area contributed by atoms with E-state index in [4.69, 9.17) is 5.73 Å². The number of rotatable bonds is 1. The summed E-state index contributed by atoms with van der Waals surface area (Å²) in [6.07, 6.45) is 1.69. The number of aromatic nitrogens is 1. The largest absolute Gasteiger partial charge is 0.364 e. The Balaban J connectivity index is 0.00000169. The van der Waals surface area contributed by atoms with Crippen molar-refractivity contribution >= 4 is 5.91 Å². The molecule has 0 fully saturated rings. The summed E-state index contributed by atoms with van der Waals surface area (Å²) in [4.78, 5) is 14.7. The number of nitrogens with two attached hydrogens (primary N) is 1. The molecule has 1 heterocycles. The van der Waals surface area contributed by atoms with Gasteiger partial charge in [-0.3, -0.25) is 9.78 Å². The fraction of sp³-hybridized carbons (Fsp3) is 0.400. The van der Waals surface area contributed by atoms with E-state index >= 15 is 0 Å². The average Bonchev–Trinajstić information content (AvgIpc) is 2.03. The Bertz CT molecular complexity index is 314. The summed E-state index contributed by atoms with van der Waals surface area (Å²) in [6.45, 7) is 6.27. The van der Waals surface area contributed by atoms with Gasteiger partial charge >= 0.3 is 0 Å². The van der Waals surface area contributed by atoms with E-state index < -0.39 is 5.91 Å². The maximum Gasteiger partial charge on any atom is 0.267 e. The van der Waals surface area contributed by atoms with E-state index in [0.717, 1.165) is 5.56 Å². The van der Waals surface area contributed by atoms with Gasteiger partial charge in [-0.05, 0) is 17.0 Å². The Morgan fingerprint density at radius 1 is 1.46 bits per heavy atom. The van der Waals surface area contributed by atoms with Crippen molar-refractivity contribution in [1.29, 1.82) is 0 Å². The molecule has 0 unspecified atom stereocenters. The van der Waals surface area contributed by atoms with Crippen LogP contribution in [0.15, 0.2) is 18.3 Å². The van der Waals surface area contributed by atoms with Crippen molar-refractivity contribution in [3.63, 3.8) is 0 Å². The Kier molecular flexibility index (Phi) is 2.36. The molecular formula is C10H16N2O. The van der Waals surface area contributed by atoms with Crippen LogP contribution < -0.4 is 5.73 Å². The number of carbonyl (C=O) groups is 1. The summed E-state index contributed by atoms with van der Waals surface area (Å²) in [5.74, 6) is -0.486. The maximum absolute atomic E-state index is 10.7. The first-order chi connectivity index (χ1) is 5.91. The van der Waals surface area contributed by atoms with Crippen LogP contribution in [0.5, 0.6) is 0 Å². The van der Waals surface area contributed by atoms with Crippen LogP contribution in [0.2, 0.25) is 0 Å². The molecule has 0 aliphatic heterocycles. The third-order valence-corrected chi connectivity index (χ3v) is 1.88. The normalized spacial score (nSPS) is 11.3. The molecule has 3 heteroatoms. The van der Waals surface area contributed by atoms with E-state index in [1.165, 1.54) is 0 Å². The summed E-state index contributed by atoms with van der Waals surface area (Å²) in [5, 5.41) is 0. The van der Waals surface area contributed by atoms with Gasteiger partial charge in [0.2, 0.25) is 0 Å². The van der Waals surface area contributed by atoms with E-state index in [2.05, 4.69) is 25.8 Å². The van der Waals surface area contributed by atoms with Crippen LogP contribution in [-0.4, -0.2) is 10.9 Å². The van der Waals surface area contributed by atoms with Gasteiger partial charge in [0.25, 0.3) is 5.91 Å². The molecule has 0 saturated carbocycles. The van der Waals surface area contributed by atoms with Gasteiger partial charge in [0.15, 0.2) is 0 Å². The van der Waals surface area contributed by atoms with Crippen molar-refractivity contribution in [3.05, 3.63) is 29.6 Å². The molecule has 1 aromatic rings. The summed E-state index contributed by atoms with van der Waals surface area (Å²) in [7, 11) is 0. The lowest BCUT2D eigenvalue weighted by molar-refractivity contribution is 0.0995. The van der Waals surface area contributed by atoms with Gasteiger partial charge in [0.1, 0.15) is 5.69 Å². The molecule has 0 saturated heterocycles. The van der Waals surface area contributed by atoms with E-state index in [-0.39, 0.29) is 6.84 Å². The second-order valence-electron chi connectivity index (χ2n) is 4.05. The molecule has 0 aliphatic carbocycles. The molecule has 0 radical (unpaired) electrons. The third-order valence-electron chi connectivity index (χ3n) is 1.88. The van der Waals surface area contributed by atoms with Crippen LogP contribution in [0, 0.1) is 0 Å². The molecule has 0 spiro atoms. The van der Waals surface area contributed by atoms with Gasteiger partial charge in [-0.15, -0.1) is 0 Å². The van der Waals surface area contributed by atoms with Gasteiger partial charge < -0.3 is 5.73 Å². The predicted molar refractivity (Wildman–Crippen MR) is 53.6 cm³/mol. The topological polar surface area (TPSA) is 56.0 Å². The van der Waals surface area contributed by atoms with Crippen LogP contribution in [0.1, 0.15) is 38.2 Å². The number of hydrogen-bond donors (Lipinski definition) is 1. The maximum atomic E-state index is 10.7. The SMILES string of the molecule is CC(C)(C)c1ccc(C(N)=O)nc1.[HH]. The lowest BCUT2D eigenvalue weighted by Crippen LogP contribution is -2.15. The van der Waals surface area contributed by atoms with Crippen LogP contribution >= 0.6 is 0 Å². The van der Waals surface area contributed by atoms with Crippen LogP contribution in [-0.2, 0) is 5.41 Å². The Hall–Kier alpha value is -1.38. The van der Waals surface area contributed by atoms with Gasteiger partial charge in [-0.1, -0.05) is 26.8 Å². The number of carbonyl (C=O) groups excluding carboxylic acids is 1. The van der Waals surface area contributed by atoms with Gasteiger partial charge in [-0.2, -0.15) is 0 Å². The Morgan fingerprint density at radius 3 is 2.38 bits per heavy atom. The van der Waals surface area contributed by atoms with Crippen LogP contribution in [0.25, 0.3) is 0 Å². The number of nitrogens with zero attached hydrogens (tertiary/aromatic N) is 1. The summed E-state index contributed by atoms with van der Waals surface area (Å²) >= 11 is 0. The summed E-state index contributed by atoms with van der Waals surface area (Å²) in [6, 6.07) is 3.54. The van der Waals surface area contributed by atoms with E-state index in [1.54, 1.807) is 12.3 Å². The third kappa shape index (κ3) is 2.28. The van der Waals surface area contributed by atoms with E-state index in [9.17, 15) is 4.79 Å². The highest BCUT2D eigenvalue weighted by molar-refractivity contribution is 5.90. The zero-order valence-electron chi connectivity index (χ0n) is 8.16. The second kappa shape index (κ2) is 3.17. The monoisotopic (exact) mass is 180 g/mol. The molecule has 0 aliphatic rings. The molecule has 3 nitrogen and oxygen atoms in total. The van der Waals surface area contributed by atoms with Crippen molar-refractivity contribution in [2.24, 2.45) is 5.73 Å². The minimum Gasteiger partial charge on any atom is -0.364 e. The molecule has 2 N–H and O–H groups in total. The fourth-order valence-electron chi connectivity index (χ4n) is 0.983. The fourth-order valence-corrected chi connectivity index (χ4v) is 0.983. The summed E-state index contributed by atoms with van der Waals surface area (Å²) in [5.41, 5.74) is 6.54. The molecule has 1 amide bonds. The second-order valence-corrected chi connectivity index (χ2v) is 4.05. The Labute approximate surface area is 79.5 Å². The van der Waals surface area contributed by atoms with Crippen molar-refractivity contribution < 1.29 is 6.22 Å². The first-order valence-corrected chi connectivity index (χ1v) is 4.17. The quantitative estimate of drug-likeness (QED) is 0.715. The van der Waals surface area contributed by atoms with Crippen molar-refractivity contribution in [2.45, 2.75) is 26.2 Å². The first kappa shape index (κ1) is 9.71. The molecule has 1 rings (SSSR count). The van der Waals surface area contributed by atoms with E-state index in [1.807, 2.05) is 6.07 Å². The number of pyridine rings is 1. The van der Waals surface area contributed by atoms with E-state index in [0.29, 0.717) is 5.69 Å². The van der Waals surface area contributed by atoms with Crippen LogP contribution in [0.4, 0.5) is 0 Å². The lowest BCUT2D eigenvalue weighted by Gasteiger charge is -2.18. The molecule has 0 aromatic carbocycles. The molecule has 1 aromatic heterocycles. The molecule has 0 bridgehead atoms. The zero-order valence-corrected chi connectivity index (χ0v) is 8.16. The van der Waals surface area contributed by atoms with Gasteiger partial charge in [0, 0.05) is 7.62 Å². The molecule has 13 heavy (non-hydrogen) atoms. The van der Waals surface area contributed by atoms with Gasteiger partial charge in [-0.25, -0.2) is 0 Å². The average molecular weight is 180 g/mol. The minimum absolute atomic E-state index is 0. The molecule has 0 atom stereocenters. The van der Waals surface area contributed by atoms with Crippen molar-refractivity contribution in [1.82, 2.24) is 4.98 Å². The van der Waals surface area contributed by atoms with Crippen molar-refractivity contribution in [3.8, 4) is 0 Å². The zero-order chi connectivity index (χ0) is 10.1. The number of hydrogen-bond acceptors (Lipinski definition) is 2. The number of amides is 1. The first-order valence-electron chi connectivity index (χ1n) is 4.17. The smallest absolute Gasteiger partial charge is 0.267 e. The molecule has 72 valence electrons. The standard InChI is InChI=1S/C10H14N2O.H2/c1-10(2,3)7-4-5-8(9(11)13)12-6-7;/h4-6H,1-3H3,(H2,11,13);1H. The van der Waals surface area contributed by atoms with Crippen LogP contribution in [0.3, 0.4) is 0 Å². The van der Waals surface area contributed by atoms with Gasteiger partial charge in [0.05, 0.1) is 0 Å². The summed E-state index contributed by atoms with van der Waals surface area (Å²) < 4.78 is 0. The predicted octanol–water partition coefficient (Wildman–Crippen LogP) is 1.72. The highest BCUT2D eigenvalue weighted by Crippen LogP contribution is 2.20. The van der Waals surface area contributed by atoms with Crippen molar-refractivity contribution in [2.75, 3.05) is 0 Å². The Morgan fingerprint density at radius 2 is 2.08 bits per heavy atom. The minimum atomic E-state index is -0.486.